The molecule has 9 heteroatoms. The van der Waals surface area contributed by atoms with Crippen LogP contribution in [0.3, 0.4) is 0 Å². The molecule has 11 rings (SSSR count). The number of ether oxygens (including phenoxy) is 2. The summed E-state index contributed by atoms with van der Waals surface area (Å²) in [5, 5.41) is 26.6. The lowest BCUT2D eigenvalue weighted by Gasteiger charge is -2.58. The number of halogens is 1. The first-order chi connectivity index (χ1) is 27.7. The maximum Gasteiger partial charge on any atom is 0.140 e. The maximum absolute atomic E-state index is 17.4. The minimum atomic E-state index is -0.766. The number of rotatable bonds is 12. The number of methoxy groups -OCH3 is 2. The van der Waals surface area contributed by atoms with Crippen LogP contribution in [0.25, 0.3) is 21.8 Å². The first-order valence-electron chi connectivity index (χ1n) is 20.6. The SMILES string of the molecule is C=C[C@H]1C[N@+]2(Cc3cccc(C[N@@+]45CC[C@@H](C[C@@H]4[C@H](O)c4ccnc6ccc(OC)cc46)[C@@H](C=C)C5)c3F)CC[C@H]1C[C@@H]2[C@H](O)c1ccnc2ccc(OC)cc12. The molecule has 0 amide bonds. The van der Waals surface area contributed by atoms with Gasteiger partial charge >= 0.3 is 0 Å². The van der Waals surface area contributed by atoms with Gasteiger partial charge in [-0.05, 0) is 71.5 Å². The van der Waals surface area contributed by atoms with E-state index in [-0.39, 0.29) is 17.9 Å². The highest BCUT2D eigenvalue weighted by Gasteiger charge is 2.56. The van der Waals surface area contributed by atoms with Crippen LogP contribution in [0.1, 0.15) is 60.1 Å². The Bertz CT molecular complexity index is 2180. The molecule has 6 aliphatic rings. The van der Waals surface area contributed by atoms with Crippen LogP contribution in [-0.4, -0.2) is 81.6 Å². The summed E-state index contributed by atoms with van der Waals surface area (Å²) in [6.45, 7) is 12.8. The van der Waals surface area contributed by atoms with Gasteiger partial charge in [-0.25, -0.2) is 4.39 Å². The smallest absolute Gasteiger partial charge is 0.140 e. The first-order valence-corrected chi connectivity index (χ1v) is 20.6. The van der Waals surface area contributed by atoms with E-state index in [0.29, 0.717) is 56.9 Å². The Morgan fingerprint density at radius 3 is 1.60 bits per heavy atom. The van der Waals surface area contributed by atoms with E-state index in [1.807, 2.05) is 66.7 Å². The zero-order chi connectivity index (χ0) is 39.5. The fourth-order valence-corrected chi connectivity index (χ4v) is 11.8. The van der Waals surface area contributed by atoms with Gasteiger partial charge in [-0.15, -0.1) is 13.2 Å². The Hall–Kier alpha value is -4.67. The van der Waals surface area contributed by atoms with Crippen molar-refractivity contribution in [1.82, 2.24) is 9.97 Å². The number of aliphatic hydroxyl groups excluding tert-OH is 2. The van der Waals surface area contributed by atoms with Gasteiger partial charge in [0.25, 0.3) is 0 Å². The zero-order valence-corrected chi connectivity index (χ0v) is 33.1. The molecule has 2 aromatic heterocycles. The van der Waals surface area contributed by atoms with Gasteiger partial charge in [0.05, 0.1) is 51.4 Å². The third kappa shape index (κ3) is 6.43. The van der Waals surface area contributed by atoms with E-state index < -0.39 is 12.2 Å². The number of hydrogen-bond acceptors (Lipinski definition) is 6. The molecule has 6 saturated heterocycles. The number of benzene rings is 3. The Morgan fingerprint density at radius 1 is 0.719 bits per heavy atom. The van der Waals surface area contributed by atoms with Crippen molar-refractivity contribution in [3.63, 3.8) is 0 Å². The normalized spacial score (nSPS) is 30.3. The fraction of sp³-hybridized carbons (Fsp3) is 0.417. The summed E-state index contributed by atoms with van der Waals surface area (Å²) in [6.07, 6.45) is 9.90. The average Bonchev–Trinajstić information content (AvgIpc) is 3.26. The minimum absolute atomic E-state index is 0.121. The predicted molar refractivity (Wildman–Crippen MR) is 221 cm³/mol. The Morgan fingerprint density at radius 2 is 1.18 bits per heavy atom. The van der Waals surface area contributed by atoms with Crippen molar-refractivity contribution >= 4 is 21.8 Å². The van der Waals surface area contributed by atoms with Crippen LogP contribution < -0.4 is 9.47 Å². The number of fused-ring (bicyclic) bond motifs is 8. The van der Waals surface area contributed by atoms with Crippen molar-refractivity contribution in [2.75, 3.05) is 40.4 Å². The van der Waals surface area contributed by atoms with E-state index in [1.54, 1.807) is 26.6 Å². The fourth-order valence-electron chi connectivity index (χ4n) is 11.8. The van der Waals surface area contributed by atoms with Crippen molar-refractivity contribution in [1.29, 1.82) is 0 Å². The van der Waals surface area contributed by atoms with Crippen LogP contribution in [0.2, 0.25) is 0 Å². The third-order valence-electron chi connectivity index (χ3n) is 14.8. The standard InChI is InChI=1S/C48H55FN4O4/c1-5-30-26-52(20-16-32(30)22-44(52)47(54)38-14-18-50-42-12-10-36(56-3)24-40(38)42)28-34-8-7-9-35(46(34)49)29-53-21-17-33(31(6-2)27-53)23-45(53)48(55)39-15-19-51-43-13-11-37(57-4)25-41(39)43/h5-15,18-19,24-25,30-33,44-45,47-48,54-55H,1-2,16-17,20-23,26-29H2,3-4H3/q+2/t30-,31-,32-,33-,44+,45+,47+,48+,52-,53-/m0/s1. The quantitative estimate of drug-likeness (QED) is 0.0983. The topological polar surface area (TPSA) is 84.7 Å². The second-order valence-electron chi connectivity index (χ2n) is 17.4. The van der Waals surface area contributed by atoms with Gasteiger partial charge in [-0.3, -0.25) is 9.97 Å². The van der Waals surface area contributed by atoms with Crippen molar-refractivity contribution in [2.45, 2.75) is 63.1 Å². The Balaban J connectivity index is 1.06. The molecule has 0 spiro atoms. The lowest BCUT2D eigenvalue weighted by Crippen LogP contribution is -2.68. The molecule has 4 bridgehead atoms. The van der Waals surface area contributed by atoms with Crippen molar-refractivity contribution in [2.24, 2.45) is 23.7 Å². The summed E-state index contributed by atoms with van der Waals surface area (Å²) < 4.78 is 29.8. The van der Waals surface area contributed by atoms with Crippen LogP contribution in [0.5, 0.6) is 11.5 Å². The Labute approximate surface area is 335 Å². The maximum atomic E-state index is 17.4. The van der Waals surface area contributed by atoms with E-state index in [2.05, 4.69) is 35.3 Å². The molecule has 6 aliphatic heterocycles. The van der Waals surface area contributed by atoms with Crippen molar-refractivity contribution in [3.8, 4) is 11.5 Å². The number of hydrogen-bond donors (Lipinski definition) is 2. The van der Waals surface area contributed by atoms with Gasteiger partial charge in [-0.1, -0.05) is 30.4 Å². The second-order valence-corrected chi connectivity index (χ2v) is 17.4. The van der Waals surface area contributed by atoms with E-state index >= 15 is 4.39 Å². The highest BCUT2D eigenvalue weighted by molar-refractivity contribution is 5.84. The number of pyridine rings is 2. The molecule has 57 heavy (non-hydrogen) atoms. The molecule has 0 unspecified atom stereocenters. The molecule has 8 nitrogen and oxygen atoms in total. The van der Waals surface area contributed by atoms with Gasteiger partial charge < -0.3 is 28.7 Å². The van der Waals surface area contributed by atoms with Crippen LogP contribution in [-0.2, 0) is 13.1 Å². The lowest BCUT2D eigenvalue weighted by atomic mass is 9.70. The molecule has 0 aliphatic carbocycles. The first kappa shape index (κ1) is 37.9. The van der Waals surface area contributed by atoms with Gasteiger partial charge in [0.2, 0.25) is 0 Å². The number of nitrogens with zero attached hydrogens (tertiary/aromatic N) is 4. The molecule has 5 aromatic rings. The minimum Gasteiger partial charge on any atom is -0.497 e. The Kier molecular flexibility index (Phi) is 9.92. The average molecular weight is 771 g/mol. The van der Waals surface area contributed by atoms with E-state index in [0.717, 1.165) is 96.3 Å². The largest absolute Gasteiger partial charge is 0.497 e. The molecule has 296 valence electrons. The lowest BCUT2D eigenvalue weighted by molar-refractivity contribution is -0.985. The summed E-state index contributed by atoms with van der Waals surface area (Å²) in [7, 11) is 3.30. The molecule has 0 saturated carbocycles. The highest BCUT2D eigenvalue weighted by Crippen LogP contribution is 2.50. The molecular weight excluding hydrogens is 716 g/mol. The summed E-state index contributed by atoms with van der Waals surface area (Å²) in [6, 6.07) is 21.1. The summed E-state index contributed by atoms with van der Waals surface area (Å²) in [5.74, 6) is 2.74. The molecule has 2 N–H and O–H groups in total. The highest BCUT2D eigenvalue weighted by atomic mass is 19.1. The number of aliphatic hydroxyl groups is 2. The van der Waals surface area contributed by atoms with Gasteiger partial charge in [-0.2, -0.15) is 0 Å². The van der Waals surface area contributed by atoms with Crippen molar-refractivity contribution < 1.29 is 33.0 Å². The second kappa shape index (κ2) is 14.9. The van der Waals surface area contributed by atoms with E-state index in [9.17, 15) is 10.2 Å². The van der Waals surface area contributed by atoms with E-state index in [1.165, 1.54) is 0 Å². The van der Waals surface area contributed by atoms with Crippen LogP contribution in [0.15, 0.2) is 104 Å². The summed E-state index contributed by atoms with van der Waals surface area (Å²) >= 11 is 0. The van der Waals surface area contributed by atoms with Crippen molar-refractivity contribution in [3.05, 3.63) is 133 Å². The zero-order valence-electron chi connectivity index (χ0n) is 33.1. The van der Waals surface area contributed by atoms with Gasteiger partial charge in [0.1, 0.15) is 54.7 Å². The summed E-state index contributed by atoms with van der Waals surface area (Å²) in [5.41, 5.74) is 4.66. The molecule has 3 aromatic carbocycles. The molecule has 8 heterocycles. The molecule has 6 fully saturated rings. The predicted octanol–water partition coefficient (Wildman–Crippen LogP) is 8.23. The number of piperidine rings is 6. The van der Waals surface area contributed by atoms with E-state index in [4.69, 9.17) is 9.47 Å². The monoisotopic (exact) mass is 770 g/mol. The summed E-state index contributed by atoms with van der Waals surface area (Å²) in [4.78, 5) is 9.17. The number of quaternary nitrogens is 2. The van der Waals surface area contributed by atoms with Crippen LogP contribution >= 0.6 is 0 Å². The molecule has 0 radical (unpaired) electrons. The number of aromatic nitrogens is 2. The van der Waals surface area contributed by atoms with Crippen LogP contribution in [0, 0.1) is 29.5 Å². The molecular formula is C48H55FN4O4+2. The molecule has 10 atom stereocenters. The van der Waals surface area contributed by atoms with Crippen LogP contribution in [0.4, 0.5) is 4.39 Å². The van der Waals surface area contributed by atoms with Gasteiger partial charge in [0, 0.05) is 71.8 Å². The third-order valence-corrected chi connectivity index (χ3v) is 14.8. The van der Waals surface area contributed by atoms with Gasteiger partial charge in [0.15, 0.2) is 0 Å².